The Balaban J connectivity index is 1.82. The summed E-state index contributed by atoms with van der Waals surface area (Å²) >= 11 is 0. The Labute approximate surface area is 84.1 Å². The summed E-state index contributed by atoms with van der Waals surface area (Å²) < 4.78 is 5.18. The molecule has 1 N–H and O–H groups in total. The van der Waals surface area contributed by atoms with E-state index in [9.17, 15) is 0 Å². The van der Waals surface area contributed by atoms with Gasteiger partial charge in [0.2, 0.25) is 5.89 Å². The van der Waals surface area contributed by atoms with Gasteiger partial charge in [-0.2, -0.15) is 4.98 Å². The van der Waals surface area contributed by atoms with Gasteiger partial charge in [0, 0.05) is 19.4 Å². The van der Waals surface area contributed by atoms with Crippen LogP contribution in [0, 0.1) is 5.92 Å². The van der Waals surface area contributed by atoms with Crippen LogP contribution >= 0.6 is 0 Å². The van der Waals surface area contributed by atoms with E-state index in [4.69, 9.17) is 4.52 Å². The van der Waals surface area contributed by atoms with E-state index in [1.807, 2.05) is 7.05 Å². The van der Waals surface area contributed by atoms with Crippen LogP contribution in [0.4, 0.5) is 0 Å². The van der Waals surface area contributed by atoms with Crippen LogP contribution in [-0.2, 0) is 12.8 Å². The lowest BCUT2D eigenvalue weighted by molar-refractivity contribution is 0.273. The van der Waals surface area contributed by atoms with Gasteiger partial charge >= 0.3 is 0 Å². The van der Waals surface area contributed by atoms with E-state index in [2.05, 4.69) is 15.5 Å². The van der Waals surface area contributed by atoms with Crippen LogP contribution in [0.15, 0.2) is 4.52 Å². The molecule has 78 valence electrons. The maximum atomic E-state index is 5.18. The fraction of sp³-hybridized carbons (Fsp3) is 0.800. The number of rotatable bonds is 5. The second-order valence-electron chi connectivity index (χ2n) is 3.96. The lowest BCUT2D eigenvalue weighted by Crippen LogP contribution is -2.14. The molecule has 0 radical (unpaired) electrons. The number of hydrogen-bond donors (Lipinski definition) is 1. The molecule has 0 saturated heterocycles. The zero-order valence-corrected chi connectivity index (χ0v) is 8.62. The van der Waals surface area contributed by atoms with E-state index in [-0.39, 0.29) is 0 Å². The minimum atomic E-state index is 0.799. The molecule has 1 aliphatic rings. The number of hydrogen-bond acceptors (Lipinski definition) is 4. The topological polar surface area (TPSA) is 51.0 Å². The van der Waals surface area contributed by atoms with Crippen LogP contribution in [0.1, 0.15) is 31.0 Å². The van der Waals surface area contributed by atoms with Crippen molar-refractivity contribution in [3.05, 3.63) is 11.7 Å². The van der Waals surface area contributed by atoms with Gasteiger partial charge in [-0.05, 0) is 25.8 Å². The molecule has 0 aromatic carbocycles. The van der Waals surface area contributed by atoms with Gasteiger partial charge in [0.25, 0.3) is 0 Å². The second kappa shape index (κ2) is 4.55. The van der Waals surface area contributed by atoms with Crippen molar-refractivity contribution in [2.45, 2.75) is 32.1 Å². The summed E-state index contributed by atoms with van der Waals surface area (Å²) in [7, 11) is 1.93. The van der Waals surface area contributed by atoms with Crippen molar-refractivity contribution in [3.63, 3.8) is 0 Å². The molecule has 2 rings (SSSR count). The smallest absolute Gasteiger partial charge is 0.226 e. The van der Waals surface area contributed by atoms with E-state index in [0.717, 1.165) is 37.0 Å². The van der Waals surface area contributed by atoms with Gasteiger partial charge in [0.1, 0.15) is 0 Å². The summed E-state index contributed by atoms with van der Waals surface area (Å²) in [6.07, 6.45) is 5.85. The summed E-state index contributed by atoms with van der Waals surface area (Å²) in [4.78, 5) is 4.35. The fourth-order valence-corrected chi connectivity index (χ4v) is 1.66. The third kappa shape index (κ3) is 2.32. The third-order valence-corrected chi connectivity index (χ3v) is 2.80. The highest BCUT2D eigenvalue weighted by Crippen LogP contribution is 2.29. The lowest BCUT2D eigenvalue weighted by atomic mass is 9.83. The minimum absolute atomic E-state index is 0.799. The van der Waals surface area contributed by atoms with Crippen molar-refractivity contribution < 1.29 is 4.52 Å². The summed E-state index contributed by atoms with van der Waals surface area (Å²) in [5, 5.41) is 7.01. The van der Waals surface area contributed by atoms with Crippen molar-refractivity contribution in [1.29, 1.82) is 0 Å². The molecular formula is C10H17N3O. The first kappa shape index (κ1) is 9.65. The van der Waals surface area contributed by atoms with E-state index >= 15 is 0 Å². The summed E-state index contributed by atoms with van der Waals surface area (Å²) in [5.74, 6) is 2.45. The van der Waals surface area contributed by atoms with Crippen LogP contribution in [0.2, 0.25) is 0 Å². The first-order valence-electron chi connectivity index (χ1n) is 5.34. The number of nitrogens with zero attached hydrogens (tertiary/aromatic N) is 2. The molecular weight excluding hydrogens is 178 g/mol. The highest BCUT2D eigenvalue weighted by atomic mass is 16.5. The Hall–Kier alpha value is -0.900. The van der Waals surface area contributed by atoms with Gasteiger partial charge in [-0.15, -0.1) is 0 Å². The Kier molecular flexibility index (Phi) is 3.14. The zero-order valence-electron chi connectivity index (χ0n) is 8.62. The quantitative estimate of drug-likeness (QED) is 0.766. The van der Waals surface area contributed by atoms with Crippen LogP contribution in [-0.4, -0.2) is 23.7 Å². The maximum Gasteiger partial charge on any atom is 0.226 e. The predicted molar refractivity (Wildman–Crippen MR) is 53.0 cm³/mol. The monoisotopic (exact) mass is 195 g/mol. The van der Waals surface area contributed by atoms with E-state index in [0.29, 0.717) is 0 Å². The minimum Gasteiger partial charge on any atom is -0.339 e. The molecule has 4 nitrogen and oxygen atoms in total. The molecule has 0 atom stereocenters. The molecule has 1 heterocycles. The molecule has 0 unspecified atom stereocenters. The number of aromatic nitrogens is 2. The lowest BCUT2D eigenvalue weighted by Gasteiger charge is -2.23. The molecule has 0 aliphatic heterocycles. The standard InChI is InChI=1S/C10H17N3O/c1-11-6-5-9-12-10(14-13-9)7-8-3-2-4-8/h8,11H,2-7H2,1H3. The predicted octanol–water partition coefficient (Wildman–Crippen LogP) is 1.17. The largest absolute Gasteiger partial charge is 0.339 e. The maximum absolute atomic E-state index is 5.18. The first-order valence-corrected chi connectivity index (χ1v) is 5.34. The van der Waals surface area contributed by atoms with Gasteiger partial charge in [0.05, 0.1) is 0 Å². The number of likely N-dealkylation sites (N-methyl/N-ethyl adjacent to an activating group) is 1. The third-order valence-electron chi connectivity index (χ3n) is 2.80. The van der Waals surface area contributed by atoms with Gasteiger partial charge in [-0.3, -0.25) is 0 Å². The number of nitrogens with one attached hydrogen (secondary N) is 1. The van der Waals surface area contributed by atoms with E-state index in [1.165, 1.54) is 19.3 Å². The van der Waals surface area contributed by atoms with Crippen LogP contribution < -0.4 is 5.32 Å². The molecule has 1 aromatic heterocycles. The van der Waals surface area contributed by atoms with Gasteiger partial charge < -0.3 is 9.84 Å². The first-order chi connectivity index (χ1) is 6.88. The van der Waals surface area contributed by atoms with Gasteiger partial charge in [-0.1, -0.05) is 11.6 Å². The van der Waals surface area contributed by atoms with Crippen molar-refractivity contribution >= 4 is 0 Å². The zero-order chi connectivity index (χ0) is 9.80. The van der Waals surface area contributed by atoms with Gasteiger partial charge in [-0.25, -0.2) is 0 Å². The summed E-state index contributed by atoms with van der Waals surface area (Å²) in [5.41, 5.74) is 0. The Bertz CT molecular complexity index is 281. The van der Waals surface area contributed by atoms with Crippen molar-refractivity contribution in [2.75, 3.05) is 13.6 Å². The second-order valence-corrected chi connectivity index (χ2v) is 3.96. The normalized spacial score (nSPS) is 16.9. The Morgan fingerprint density at radius 2 is 2.36 bits per heavy atom. The average Bonchev–Trinajstić information content (AvgIpc) is 2.56. The van der Waals surface area contributed by atoms with Crippen molar-refractivity contribution in [2.24, 2.45) is 5.92 Å². The highest BCUT2D eigenvalue weighted by Gasteiger charge is 2.20. The molecule has 0 bridgehead atoms. The van der Waals surface area contributed by atoms with Crippen LogP contribution in [0.5, 0.6) is 0 Å². The molecule has 0 spiro atoms. The molecule has 1 aliphatic carbocycles. The molecule has 1 saturated carbocycles. The summed E-state index contributed by atoms with van der Waals surface area (Å²) in [6.45, 7) is 0.905. The van der Waals surface area contributed by atoms with Crippen molar-refractivity contribution in [1.82, 2.24) is 15.5 Å². The SMILES string of the molecule is CNCCc1noc(CC2CCC2)n1. The molecule has 14 heavy (non-hydrogen) atoms. The van der Waals surface area contributed by atoms with Gasteiger partial charge in [0.15, 0.2) is 5.82 Å². The van der Waals surface area contributed by atoms with E-state index in [1.54, 1.807) is 0 Å². The highest BCUT2D eigenvalue weighted by molar-refractivity contribution is 4.90. The molecule has 4 heteroatoms. The molecule has 1 aromatic rings. The van der Waals surface area contributed by atoms with Crippen molar-refractivity contribution in [3.8, 4) is 0 Å². The Morgan fingerprint density at radius 3 is 3.00 bits per heavy atom. The van der Waals surface area contributed by atoms with Crippen LogP contribution in [0.25, 0.3) is 0 Å². The van der Waals surface area contributed by atoms with Crippen LogP contribution in [0.3, 0.4) is 0 Å². The molecule has 0 amide bonds. The Morgan fingerprint density at radius 1 is 1.50 bits per heavy atom. The summed E-state index contributed by atoms with van der Waals surface area (Å²) in [6, 6.07) is 0. The average molecular weight is 195 g/mol. The molecule has 1 fully saturated rings. The fourth-order valence-electron chi connectivity index (χ4n) is 1.66. The van der Waals surface area contributed by atoms with E-state index < -0.39 is 0 Å².